The van der Waals surface area contributed by atoms with Crippen LogP contribution in [0.1, 0.15) is 32.6 Å². The van der Waals surface area contributed by atoms with Crippen LogP contribution >= 0.6 is 0 Å². The first-order valence-corrected chi connectivity index (χ1v) is 6.93. The van der Waals surface area contributed by atoms with E-state index in [1.807, 2.05) is 12.3 Å². The van der Waals surface area contributed by atoms with Gasteiger partial charge in [0.1, 0.15) is 0 Å². The number of fused-ring (bicyclic) bond motifs is 1. The second-order valence-electron chi connectivity index (χ2n) is 5.45. The molecule has 1 unspecified atom stereocenters. The normalized spacial score (nSPS) is 17.4. The Hall–Kier alpha value is -1.57. The Labute approximate surface area is 108 Å². The SMILES string of the molecule is CC(CC1CCC1)Nc1cccc2ncccc12. The van der Waals surface area contributed by atoms with Gasteiger partial charge in [0.25, 0.3) is 0 Å². The van der Waals surface area contributed by atoms with Crippen LogP contribution in [-0.4, -0.2) is 11.0 Å². The molecule has 0 spiro atoms. The first kappa shape index (κ1) is 11.5. The summed E-state index contributed by atoms with van der Waals surface area (Å²) in [6, 6.07) is 11.0. The van der Waals surface area contributed by atoms with Crippen LogP contribution in [0, 0.1) is 5.92 Å². The fraction of sp³-hybridized carbons (Fsp3) is 0.438. The van der Waals surface area contributed by atoms with Crippen molar-refractivity contribution in [3.63, 3.8) is 0 Å². The van der Waals surface area contributed by atoms with Crippen molar-refractivity contribution in [2.75, 3.05) is 5.32 Å². The number of benzene rings is 1. The van der Waals surface area contributed by atoms with Gasteiger partial charge < -0.3 is 5.32 Å². The molecular weight excluding hydrogens is 220 g/mol. The van der Waals surface area contributed by atoms with E-state index in [1.165, 1.54) is 36.8 Å². The number of nitrogens with zero attached hydrogens (tertiary/aromatic N) is 1. The predicted molar refractivity (Wildman–Crippen MR) is 76.8 cm³/mol. The summed E-state index contributed by atoms with van der Waals surface area (Å²) in [7, 11) is 0. The molecule has 1 saturated carbocycles. The molecule has 2 aromatic rings. The van der Waals surface area contributed by atoms with E-state index in [1.54, 1.807) is 0 Å². The second kappa shape index (κ2) is 4.97. The van der Waals surface area contributed by atoms with E-state index in [0.29, 0.717) is 6.04 Å². The van der Waals surface area contributed by atoms with Crippen molar-refractivity contribution >= 4 is 16.6 Å². The first-order chi connectivity index (χ1) is 8.83. The highest BCUT2D eigenvalue weighted by Crippen LogP contribution is 2.31. The van der Waals surface area contributed by atoms with E-state index in [-0.39, 0.29) is 0 Å². The highest BCUT2D eigenvalue weighted by molar-refractivity contribution is 5.91. The molecule has 0 bridgehead atoms. The smallest absolute Gasteiger partial charge is 0.0722 e. The molecule has 1 fully saturated rings. The largest absolute Gasteiger partial charge is 0.382 e. The fourth-order valence-electron chi connectivity index (χ4n) is 2.78. The third-order valence-electron chi connectivity index (χ3n) is 3.96. The van der Waals surface area contributed by atoms with Crippen LogP contribution in [0.3, 0.4) is 0 Å². The summed E-state index contributed by atoms with van der Waals surface area (Å²) in [6.07, 6.45) is 7.41. The van der Waals surface area contributed by atoms with Gasteiger partial charge in [-0.1, -0.05) is 25.3 Å². The number of pyridine rings is 1. The average molecular weight is 240 g/mol. The summed E-state index contributed by atoms with van der Waals surface area (Å²) in [5, 5.41) is 4.87. The quantitative estimate of drug-likeness (QED) is 0.865. The molecule has 1 atom stereocenters. The molecule has 2 heteroatoms. The van der Waals surface area contributed by atoms with Crippen LogP contribution in [0.2, 0.25) is 0 Å². The van der Waals surface area contributed by atoms with Gasteiger partial charge in [-0.3, -0.25) is 4.98 Å². The van der Waals surface area contributed by atoms with Crippen molar-refractivity contribution in [2.45, 2.75) is 38.6 Å². The number of anilines is 1. The van der Waals surface area contributed by atoms with E-state index >= 15 is 0 Å². The Kier molecular flexibility index (Phi) is 3.18. The number of hydrogen-bond donors (Lipinski definition) is 1. The van der Waals surface area contributed by atoms with Gasteiger partial charge in [0, 0.05) is 23.3 Å². The average Bonchev–Trinajstić information content (AvgIpc) is 2.34. The topological polar surface area (TPSA) is 24.9 Å². The summed E-state index contributed by atoms with van der Waals surface area (Å²) < 4.78 is 0. The lowest BCUT2D eigenvalue weighted by Crippen LogP contribution is -2.23. The monoisotopic (exact) mass is 240 g/mol. The maximum Gasteiger partial charge on any atom is 0.0722 e. The molecule has 1 aromatic heterocycles. The van der Waals surface area contributed by atoms with E-state index in [4.69, 9.17) is 0 Å². The first-order valence-electron chi connectivity index (χ1n) is 6.93. The number of nitrogens with one attached hydrogen (secondary N) is 1. The Balaban J connectivity index is 1.76. The molecule has 94 valence electrons. The van der Waals surface area contributed by atoms with Gasteiger partial charge in [0.2, 0.25) is 0 Å². The number of rotatable bonds is 4. The van der Waals surface area contributed by atoms with Crippen molar-refractivity contribution < 1.29 is 0 Å². The summed E-state index contributed by atoms with van der Waals surface area (Å²) in [6.45, 7) is 2.29. The van der Waals surface area contributed by atoms with Crippen molar-refractivity contribution in [3.05, 3.63) is 36.5 Å². The molecule has 3 rings (SSSR count). The van der Waals surface area contributed by atoms with Gasteiger partial charge in [0.15, 0.2) is 0 Å². The van der Waals surface area contributed by atoms with Crippen LogP contribution in [-0.2, 0) is 0 Å². The summed E-state index contributed by atoms with van der Waals surface area (Å²) in [5.74, 6) is 0.945. The zero-order chi connectivity index (χ0) is 12.4. The fourth-order valence-corrected chi connectivity index (χ4v) is 2.78. The van der Waals surface area contributed by atoms with Crippen LogP contribution in [0.15, 0.2) is 36.5 Å². The third kappa shape index (κ3) is 2.33. The molecule has 1 N–H and O–H groups in total. The van der Waals surface area contributed by atoms with E-state index in [2.05, 4.69) is 41.5 Å². The molecule has 0 aliphatic heterocycles. The molecule has 0 radical (unpaired) electrons. The number of aromatic nitrogens is 1. The molecule has 0 saturated heterocycles. The lowest BCUT2D eigenvalue weighted by Gasteiger charge is -2.29. The Morgan fingerprint density at radius 3 is 2.94 bits per heavy atom. The zero-order valence-electron chi connectivity index (χ0n) is 10.9. The third-order valence-corrected chi connectivity index (χ3v) is 3.96. The van der Waals surface area contributed by atoms with Gasteiger partial charge in [-0.05, 0) is 43.5 Å². The maximum atomic E-state index is 4.40. The maximum absolute atomic E-state index is 4.40. The van der Waals surface area contributed by atoms with E-state index in [0.717, 1.165) is 11.4 Å². The van der Waals surface area contributed by atoms with Gasteiger partial charge in [-0.15, -0.1) is 0 Å². The van der Waals surface area contributed by atoms with Crippen LogP contribution in [0.4, 0.5) is 5.69 Å². The second-order valence-corrected chi connectivity index (χ2v) is 5.45. The highest BCUT2D eigenvalue weighted by Gasteiger charge is 2.20. The molecular formula is C16H20N2. The van der Waals surface area contributed by atoms with Crippen molar-refractivity contribution in [2.24, 2.45) is 5.92 Å². The van der Waals surface area contributed by atoms with Gasteiger partial charge in [0.05, 0.1) is 5.52 Å². The Bertz CT molecular complexity index is 526. The molecule has 0 amide bonds. The standard InChI is InChI=1S/C16H20N2/c1-12(11-13-5-2-6-13)18-16-9-3-8-15-14(16)7-4-10-17-15/h3-4,7-10,12-13,18H,2,5-6,11H2,1H3. The minimum absolute atomic E-state index is 0.543. The van der Waals surface area contributed by atoms with Crippen LogP contribution in [0.25, 0.3) is 10.9 Å². The Morgan fingerprint density at radius 1 is 1.28 bits per heavy atom. The lowest BCUT2D eigenvalue weighted by atomic mass is 9.81. The van der Waals surface area contributed by atoms with E-state index < -0.39 is 0 Å². The van der Waals surface area contributed by atoms with Gasteiger partial charge in [-0.25, -0.2) is 0 Å². The van der Waals surface area contributed by atoms with Gasteiger partial charge >= 0.3 is 0 Å². The van der Waals surface area contributed by atoms with Crippen LogP contribution < -0.4 is 5.32 Å². The van der Waals surface area contributed by atoms with Gasteiger partial charge in [-0.2, -0.15) is 0 Å². The molecule has 1 aliphatic carbocycles. The van der Waals surface area contributed by atoms with Crippen molar-refractivity contribution in [3.8, 4) is 0 Å². The molecule has 1 aromatic carbocycles. The van der Waals surface area contributed by atoms with Crippen molar-refractivity contribution in [1.29, 1.82) is 0 Å². The highest BCUT2D eigenvalue weighted by atomic mass is 14.9. The molecule has 1 aliphatic rings. The van der Waals surface area contributed by atoms with Crippen molar-refractivity contribution in [1.82, 2.24) is 4.98 Å². The lowest BCUT2D eigenvalue weighted by molar-refractivity contribution is 0.286. The van der Waals surface area contributed by atoms with Crippen LogP contribution in [0.5, 0.6) is 0 Å². The molecule has 2 nitrogen and oxygen atoms in total. The summed E-state index contributed by atoms with van der Waals surface area (Å²) in [4.78, 5) is 4.40. The minimum atomic E-state index is 0.543. The Morgan fingerprint density at radius 2 is 2.17 bits per heavy atom. The molecule has 18 heavy (non-hydrogen) atoms. The predicted octanol–water partition coefficient (Wildman–Crippen LogP) is 4.23. The zero-order valence-corrected chi connectivity index (χ0v) is 10.9. The number of hydrogen-bond acceptors (Lipinski definition) is 2. The molecule has 1 heterocycles. The summed E-state index contributed by atoms with van der Waals surface area (Å²) in [5.41, 5.74) is 2.28. The van der Waals surface area contributed by atoms with E-state index in [9.17, 15) is 0 Å². The minimum Gasteiger partial charge on any atom is -0.382 e. The summed E-state index contributed by atoms with van der Waals surface area (Å²) >= 11 is 0.